The molecule has 0 unspecified atom stereocenters. The molecular weight excluding hydrogens is 328 g/mol. The van der Waals surface area contributed by atoms with Gasteiger partial charge in [0.25, 0.3) is 10.0 Å². The maximum Gasteiger partial charge on any atom is 0.267 e. The molecule has 22 heavy (non-hydrogen) atoms. The fraction of sp³-hybridized carbons (Fsp3) is 0.250. The molecule has 8 nitrogen and oxygen atoms in total. The summed E-state index contributed by atoms with van der Waals surface area (Å²) >= 11 is 0. The molecule has 2 heterocycles. The van der Waals surface area contributed by atoms with Crippen LogP contribution in [0.25, 0.3) is 0 Å². The number of aromatic nitrogens is 2. The summed E-state index contributed by atoms with van der Waals surface area (Å²) in [6.07, 6.45) is 3.14. The molecule has 0 atom stereocenters. The molecule has 3 rings (SSSR count). The second-order valence-electron chi connectivity index (χ2n) is 5.01. The number of nitrogens with zero attached hydrogens (tertiary/aromatic N) is 3. The molecule has 1 aliphatic rings. The zero-order chi connectivity index (χ0) is 16.1. The Morgan fingerprint density at radius 2 is 1.91 bits per heavy atom. The van der Waals surface area contributed by atoms with E-state index in [-0.39, 0.29) is 16.3 Å². The monoisotopic (exact) mass is 342 g/mol. The van der Waals surface area contributed by atoms with Gasteiger partial charge >= 0.3 is 0 Å². The second kappa shape index (κ2) is 4.80. The molecule has 118 valence electrons. The van der Waals surface area contributed by atoms with Crippen LogP contribution in [-0.2, 0) is 33.5 Å². The molecule has 1 aromatic heterocycles. The Kier molecular flexibility index (Phi) is 3.27. The highest BCUT2D eigenvalue weighted by atomic mass is 32.2. The van der Waals surface area contributed by atoms with Crippen LogP contribution in [0, 0.1) is 0 Å². The summed E-state index contributed by atoms with van der Waals surface area (Å²) in [5.74, 6) is 0. The highest BCUT2D eigenvalue weighted by Gasteiger charge is 2.32. The number of hydrogen-bond donors (Lipinski definition) is 1. The lowest BCUT2D eigenvalue weighted by molar-refractivity contribution is 0.591. The third-order valence-corrected chi connectivity index (χ3v) is 6.18. The number of fused-ring (bicyclic) bond motifs is 1. The summed E-state index contributed by atoms with van der Waals surface area (Å²) in [5, 5.41) is 8.97. The van der Waals surface area contributed by atoms with Crippen molar-refractivity contribution < 1.29 is 16.8 Å². The van der Waals surface area contributed by atoms with E-state index in [1.165, 1.54) is 39.6 Å². The first-order valence-corrected chi connectivity index (χ1v) is 9.35. The first-order valence-electron chi connectivity index (χ1n) is 6.37. The molecule has 0 saturated carbocycles. The lowest BCUT2D eigenvalue weighted by atomic mass is 10.2. The van der Waals surface area contributed by atoms with Gasteiger partial charge in [-0.1, -0.05) is 0 Å². The van der Waals surface area contributed by atoms with E-state index in [2.05, 4.69) is 5.10 Å². The number of nitrogens with two attached hydrogens (primary N) is 1. The summed E-state index contributed by atoms with van der Waals surface area (Å²) in [4.78, 5) is 0.0743. The van der Waals surface area contributed by atoms with Gasteiger partial charge in [0.1, 0.15) is 4.90 Å². The molecule has 1 aliphatic heterocycles. The van der Waals surface area contributed by atoms with Gasteiger partial charge in [-0.15, -0.1) is 0 Å². The highest BCUT2D eigenvalue weighted by molar-refractivity contribution is 7.92. The molecule has 2 aromatic rings. The Labute approximate surface area is 128 Å². The lowest BCUT2D eigenvalue weighted by Gasteiger charge is -2.18. The Morgan fingerprint density at radius 1 is 1.18 bits per heavy atom. The van der Waals surface area contributed by atoms with Crippen molar-refractivity contribution in [2.45, 2.75) is 16.2 Å². The molecule has 0 fully saturated rings. The second-order valence-corrected chi connectivity index (χ2v) is 8.44. The van der Waals surface area contributed by atoms with Crippen LogP contribution >= 0.6 is 0 Å². The van der Waals surface area contributed by atoms with E-state index in [0.717, 1.165) is 0 Å². The predicted molar refractivity (Wildman–Crippen MR) is 79.3 cm³/mol. The number of hydrogen-bond acceptors (Lipinski definition) is 5. The number of sulfonamides is 2. The van der Waals surface area contributed by atoms with Crippen LogP contribution in [0.1, 0.15) is 5.56 Å². The first kappa shape index (κ1) is 15.0. The molecule has 0 spiro atoms. The van der Waals surface area contributed by atoms with E-state index < -0.39 is 20.0 Å². The van der Waals surface area contributed by atoms with Crippen molar-refractivity contribution in [2.75, 3.05) is 10.8 Å². The number of aryl methyl sites for hydroxylation is 1. The van der Waals surface area contributed by atoms with Crippen molar-refractivity contribution in [3.8, 4) is 0 Å². The smallest absolute Gasteiger partial charge is 0.267 e. The van der Waals surface area contributed by atoms with Crippen LogP contribution in [0.2, 0.25) is 0 Å². The van der Waals surface area contributed by atoms with Gasteiger partial charge in [-0.05, 0) is 30.2 Å². The maximum atomic E-state index is 12.6. The molecule has 1 aromatic carbocycles. The van der Waals surface area contributed by atoms with Gasteiger partial charge < -0.3 is 0 Å². The van der Waals surface area contributed by atoms with E-state index >= 15 is 0 Å². The summed E-state index contributed by atoms with van der Waals surface area (Å²) in [6.45, 7) is 0.251. The molecule has 0 aliphatic carbocycles. The minimum absolute atomic E-state index is 0.0214. The average molecular weight is 342 g/mol. The van der Waals surface area contributed by atoms with E-state index in [9.17, 15) is 16.8 Å². The molecule has 0 radical (unpaired) electrons. The number of rotatable bonds is 3. The van der Waals surface area contributed by atoms with Gasteiger partial charge in [0.15, 0.2) is 0 Å². The minimum atomic E-state index is -3.81. The Hall–Kier alpha value is -1.91. The quantitative estimate of drug-likeness (QED) is 0.831. The molecule has 2 N–H and O–H groups in total. The van der Waals surface area contributed by atoms with E-state index in [1.807, 2.05) is 0 Å². The van der Waals surface area contributed by atoms with E-state index in [4.69, 9.17) is 5.14 Å². The number of benzene rings is 1. The molecule has 0 saturated heterocycles. The Balaban J connectivity index is 2.05. The maximum absolute atomic E-state index is 12.6. The summed E-state index contributed by atoms with van der Waals surface area (Å²) in [7, 11) is -5.88. The fourth-order valence-electron chi connectivity index (χ4n) is 2.43. The zero-order valence-electron chi connectivity index (χ0n) is 11.7. The molecule has 10 heteroatoms. The molecular formula is C12H14N4O4S2. The highest BCUT2D eigenvalue weighted by Crippen LogP contribution is 2.34. The molecule has 0 amide bonds. The van der Waals surface area contributed by atoms with Gasteiger partial charge in [-0.2, -0.15) is 5.10 Å². The third kappa shape index (κ3) is 2.38. The largest absolute Gasteiger partial charge is 0.274 e. The number of primary sulfonamides is 1. The predicted octanol–water partition coefficient (Wildman–Crippen LogP) is -0.181. The fourth-order valence-corrected chi connectivity index (χ4v) is 4.49. The summed E-state index contributed by atoms with van der Waals surface area (Å²) < 4.78 is 50.7. The van der Waals surface area contributed by atoms with Crippen LogP contribution in [0.15, 0.2) is 40.4 Å². The topological polar surface area (TPSA) is 115 Å². The van der Waals surface area contributed by atoms with Crippen molar-refractivity contribution in [1.29, 1.82) is 0 Å². The van der Waals surface area contributed by atoms with Crippen molar-refractivity contribution >= 4 is 25.7 Å². The van der Waals surface area contributed by atoms with Gasteiger partial charge in [0.05, 0.1) is 16.8 Å². The van der Waals surface area contributed by atoms with Crippen LogP contribution in [0.5, 0.6) is 0 Å². The Bertz CT molecular complexity index is 947. The van der Waals surface area contributed by atoms with Crippen LogP contribution < -0.4 is 9.44 Å². The first-order chi connectivity index (χ1) is 10.2. The average Bonchev–Trinajstić information content (AvgIpc) is 3.03. The molecule has 0 bridgehead atoms. The third-order valence-electron chi connectivity index (χ3n) is 3.50. The minimum Gasteiger partial charge on any atom is -0.274 e. The van der Waals surface area contributed by atoms with Gasteiger partial charge in [0, 0.05) is 19.8 Å². The number of anilines is 1. The normalized spacial score (nSPS) is 15.1. The van der Waals surface area contributed by atoms with Crippen molar-refractivity contribution in [1.82, 2.24) is 9.78 Å². The van der Waals surface area contributed by atoms with Crippen molar-refractivity contribution in [3.05, 3.63) is 36.2 Å². The van der Waals surface area contributed by atoms with Crippen molar-refractivity contribution in [2.24, 2.45) is 12.2 Å². The standard InChI is InChI=1S/C12H14N4O4S2/c1-15-8-11(7-14-15)22(19,20)16-5-4-9-6-10(21(13,17)18)2-3-12(9)16/h2-3,6-8H,4-5H2,1H3,(H2,13,17,18). The van der Waals surface area contributed by atoms with Gasteiger partial charge in [-0.25, -0.2) is 22.0 Å². The summed E-state index contributed by atoms with van der Waals surface area (Å²) in [5.41, 5.74) is 1.11. The van der Waals surface area contributed by atoms with Crippen LogP contribution in [-0.4, -0.2) is 33.2 Å². The lowest BCUT2D eigenvalue weighted by Crippen LogP contribution is -2.28. The van der Waals surface area contributed by atoms with E-state index in [0.29, 0.717) is 17.7 Å². The van der Waals surface area contributed by atoms with Crippen LogP contribution in [0.3, 0.4) is 0 Å². The van der Waals surface area contributed by atoms with Crippen LogP contribution in [0.4, 0.5) is 5.69 Å². The summed E-state index contributed by atoms with van der Waals surface area (Å²) in [6, 6.07) is 4.20. The SMILES string of the molecule is Cn1cc(S(=O)(=O)N2CCc3cc(S(N)(=O)=O)ccc32)cn1. The zero-order valence-corrected chi connectivity index (χ0v) is 13.3. The van der Waals surface area contributed by atoms with Crippen molar-refractivity contribution in [3.63, 3.8) is 0 Å². The van der Waals surface area contributed by atoms with Gasteiger partial charge in [0.2, 0.25) is 10.0 Å². The van der Waals surface area contributed by atoms with E-state index in [1.54, 1.807) is 7.05 Å². The van der Waals surface area contributed by atoms with Gasteiger partial charge in [-0.3, -0.25) is 8.99 Å². The Morgan fingerprint density at radius 3 is 2.50 bits per heavy atom.